The average Bonchev–Trinajstić information content (AvgIpc) is 2.58. The van der Waals surface area contributed by atoms with E-state index in [0.29, 0.717) is 18.5 Å². The summed E-state index contributed by atoms with van der Waals surface area (Å²) in [4.78, 5) is 18.4. The van der Waals surface area contributed by atoms with Crippen LogP contribution in [0.1, 0.15) is 19.3 Å². The molecule has 4 rings (SSSR count). The fraction of sp³-hybridized carbons (Fsp3) is 0.471. The maximum atomic E-state index is 5.88. The number of anilines is 1. The monoisotopic (exact) mass is 311 g/mol. The minimum absolute atomic E-state index is 0.431. The van der Waals surface area contributed by atoms with Crippen LogP contribution in [0.25, 0.3) is 11.0 Å². The predicted octanol–water partition coefficient (Wildman–Crippen LogP) is 2.60. The van der Waals surface area contributed by atoms with E-state index in [0.717, 1.165) is 29.1 Å². The molecule has 2 aliphatic heterocycles. The summed E-state index contributed by atoms with van der Waals surface area (Å²) in [5.74, 6) is 1.53. The maximum Gasteiger partial charge on any atom is 0.258 e. The molecule has 2 aliphatic rings. The van der Waals surface area contributed by atoms with E-state index in [1.807, 2.05) is 37.2 Å². The van der Waals surface area contributed by atoms with Crippen molar-refractivity contribution in [3.05, 3.63) is 18.2 Å². The number of hydrogen-bond donors (Lipinski definition) is 0. The molecule has 0 bridgehead atoms. The topological polar surface area (TPSA) is 53.9 Å². The summed E-state index contributed by atoms with van der Waals surface area (Å²) in [6.45, 7) is 1.75. The highest BCUT2D eigenvalue weighted by atomic mass is 16.5. The van der Waals surface area contributed by atoms with Gasteiger partial charge in [0.15, 0.2) is 5.82 Å². The zero-order chi connectivity index (χ0) is 15.8. The summed E-state index contributed by atoms with van der Waals surface area (Å²) in [5, 5.41) is 0. The van der Waals surface area contributed by atoms with E-state index in [9.17, 15) is 0 Å². The first-order chi connectivity index (χ1) is 11.2. The Kier molecular flexibility index (Phi) is 3.52. The van der Waals surface area contributed by atoms with Crippen molar-refractivity contribution in [1.29, 1.82) is 0 Å². The van der Waals surface area contributed by atoms with E-state index in [1.54, 1.807) is 6.34 Å². The fourth-order valence-corrected chi connectivity index (χ4v) is 3.23. The molecule has 3 heterocycles. The van der Waals surface area contributed by atoms with Crippen molar-refractivity contribution in [3.8, 4) is 5.88 Å². The van der Waals surface area contributed by atoms with Crippen LogP contribution in [0, 0.1) is 0 Å². The normalized spacial score (nSPS) is 20.3. The third-order valence-electron chi connectivity index (χ3n) is 4.36. The van der Waals surface area contributed by atoms with Crippen LogP contribution in [0.2, 0.25) is 0 Å². The van der Waals surface area contributed by atoms with E-state index >= 15 is 0 Å². The Morgan fingerprint density at radius 3 is 3.09 bits per heavy atom. The van der Waals surface area contributed by atoms with E-state index in [4.69, 9.17) is 9.72 Å². The van der Waals surface area contributed by atoms with Crippen LogP contribution in [0.4, 0.5) is 11.5 Å². The zero-order valence-electron chi connectivity index (χ0n) is 13.6. The lowest BCUT2D eigenvalue weighted by atomic mass is 10.0. The Hall–Kier alpha value is -2.37. The summed E-state index contributed by atoms with van der Waals surface area (Å²) in [7, 11) is 3.91. The predicted molar refractivity (Wildman–Crippen MR) is 91.9 cm³/mol. The number of ether oxygens (including phenoxy) is 1. The molecule has 6 heteroatoms. The lowest BCUT2D eigenvalue weighted by Crippen LogP contribution is -2.46. The van der Waals surface area contributed by atoms with Gasteiger partial charge in [0.1, 0.15) is 12.1 Å². The molecule has 1 fully saturated rings. The number of piperidine rings is 1. The Balaban J connectivity index is 1.83. The van der Waals surface area contributed by atoms with Crippen LogP contribution in [0.15, 0.2) is 23.2 Å². The van der Waals surface area contributed by atoms with E-state index in [1.165, 1.54) is 19.3 Å². The van der Waals surface area contributed by atoms with Gasteiger partial charge in [0, 0.05) is 20.6 Å². The summed E-state index contributed by atoms with van der Waals surface area (Å²) in [6, 6.07) is 6.32. The Morgan fingerprint density at radius 1 is 1.30 bits per heavy atom. The highest BCUT2D eigenvalue weighted by molar-refractivity contribution is 5.89. The number of para-hydroxylation sites is 1. The van der Waals surface area contributed by atoms with Gasteiger partial charge in [0.25, 0.3) is 5.88 Å². The molecule has 1 atom stereocenters. The van der Waals surface area contributed by atoms with Crippen LogP contribution in [-0.2, 0) is 0 Å². The van der Waals surface area contributed by atoms with Crippen molar-refractivity contribution >= 4 is 28.9 Å². The van der Waals surface area contributed by atoms with Crippen LogP contribution in [0.5, 0.6) is 5.88 Å². The van der Waals surface area contributed by atoms with Gasteiger partial charge >= 0.3 is 0 Å². The summed E-state index contributed by atoms with van der Waals surface area (Å²) in [5.41, 5.74) is 2.50. The largest absolute Gasteiger partial charge is 0.473 e. The lowest BCUT2D eigenvalue weighted by molar-refractivity contribution is 0.230. The molecule has 0 N–H and O–H groups in total. The Bertz CT molecular complexity index is 758. The van der Waals surface area contributed by atoms with Crippen molar-refractivity contribution in [2.45, 2.75) is 25.3 Å². The minimum Gasteiger partial charge on any atom is -0.473 e. The number of fused-ring (bicyclic) bond motifs is 4. The molecule has 1 aromatic carbocycles. The highest BCUT2D eigenvalue weighted by Gasteiger charge is 2.32. The molecule has 23 heavy (non-hydrogen) atoms. The second-order valence-corrected chi connectivity index (χ2v) is 6.36. The molecule has 0 saturated carbocycles. The third kappa shape index (κ3) is 2.58. The van der Waals surface area contributed by atoms with Gasteiger partial charge in [-0.2, -0.15) is 0 Å². The van der Waals surface area contributed by atoms with Gasteiger partial charge in [-0.1, -0.05) is 6.07 Å². The van der Waals surface area contributed by atoms with Crippen molar-refractivity contribution in [2.24, 2.45) is 4.99 Å². The second kappa shape index (κ2) is 5.68. The molecule has 0 spiro atoms. The smallest absolute Gasteiger partial charge is 0.258 e. The molecule has 0 amide bonds. The number of aliphatic imine (C=N–C) groups is 1. The number of nitrogens with zero attached hydrogens (tertiary/aromatic N) is 5. The van der Waals surface area contributed by atoms with Gasteiger partial charge in [0.2, 0.25) is 0 Å². The first kappa shape index (κ1) is 14.2. The third-order valence-corrected chi connectivity index (χ3v) is 4.36. The molecule has 0 aliphatic carbocycles. The van der Waals surface area contributed by atoms with Crippen LogP contribution >= 0.6 is 0 Å². The van der Waals surface area contributed by atoms with Gasteiger partial charge < -0.3 is 14.5 Å². The van der Waals surface area contributed by atoms with Crippen molar-refractivity contribution < 1.29 is 4.74 Å². The van der Waals surface area contributed by atoms with Crippen LogP contribution < -0.4 is 9.64 Å². The van der Waals surface area contributed by atoms with E-state index in [-0.39, 0.29) is 0 Å². The standard InChI is InChI=1S/C17H21N5O/c1-21(2)11-18-13-7-5-8-14-15(13)20-16-17(19-14)23-10-12-6-3-4-9-22(12)16/h5,7-8,11-12H,3-4,6,9-10H2,1-2H3/b18-11-. The molecule has 120 valence electrons. The SMILES string of the molecule is CN(C)/C=N\c1cccc2nc3c(nc12)N1CCCCC1CO3. The van der Waals surface area contributed by atoms with Gasteiger partial charge in [-0.05, 0) is 31.4 Å². The Labute approximate surface area is 135 Å². The van der Waals surface area contributed by atoms with Gasteiger partial charge in [-0.25, -0.2) is 15.0 Å². The molecule has 1 unspecified atom stereocenters. The molecule has 0 radical (unpaired) electrons. The molecular weight excluding hydrogens is 290 g/mol. The van der Waals surface area contributed by atoms with E-state index < -0.39 is 0 Å². The van der Waals surface area contributed by atoms with E-state index in [2.05, 4.69) is 14.9 Å². The van der Waals surface area contributed by atoms with Crippen LogP contribution in [-0.4, -0.2) is 54.5 Å². The molecule has 1 aromatic heterocycles. The zero-order valence-corrected chi connectivity index (χ0v) is 13.6. The number of benzene rings is 1. The molecule has 1 saturated heterocycles. The first-order valence-corrected chi connectivity index (χ1v) is 8.13. The molecular formula is C17H21N5O. The molecule has 2 aromatic rings. The van der Waals surface area contributed by atoms with Gasteiger partial charge in [-0.15, -0.1) is 0 Å². The quantitative estimate of drug-likeness (QED) is 0.630. The van der Waals surface area contributed by atoms with Gasteiger partial charge in [0.05, 0.1) is 23.6 Å². The first-order valence-electron chi connectivity index (χ1n) is 8.13. The van der Waals surface area contributed by atoms with Crippen molar-refractivity contribution in [3.63, 3.8) is 0 Å². The molecule has 6 nitrogen and oxygen atoms in total. The number of hydrogen-bond acceptors (Lipinski definition) is 5. The number of aromatic nitrogens is 2. The fourth-order valence-electron chi connectivity index (χ4n) is 3.23. The second-order valence-electron chi connectivity index (χ2n) is 6.36. The minimum atomic E-state index is 0.431. The summed E-state index contributed by atoms with van der Waals surface area (Å²) in [6.07, 6.45) is 5.42. The maximum absolute atomic E-state index is 5.88. The number of rotatable bonds is 2. The lowest BCUT2D eigenvalue weighted by Gasteiger charge is -2.40. The van der Waals surface area contributed by atoms with Crippen molar-refractivity contribution in [2.75, 3.05) is 32.1 Å². The van der Waals surface area contributed by atoms with Gasteiger partial charge in [-0.3, -0.25) is 0 Å². The summed E-state index contributed by atoms with van der Waals surface area (Å²) < 4.78 is 5.88. The van der Waals surface area contributed by atoms with Crippen LogP contribution in [0.3, 0.4) is 0 Å². The highest BCUT2D eigenvalue weighted by Crippen LogP contribution is 2.37. The van der Waals surface area contributed by atoms with Crippen molar-refractivity contribution in [1.82, 2.24) is 14.9 Å². The summed E-state index contributed by atoms with van der Waals surface area (Å²) >= 11 is 0. The Morgan fingerprint density at radius 2 is 2.22 bits per heavy atom. The average molecular weight is 311 g/mol.